The average molecular weight is 301 g/mol. The number of thioether (sulfide) groups is 1. The van der Waals surface area contributed by atoms with Crippen molar-refractivity contribution in [1.29, 1.82) is 0 Å². The SMILES string of the molecule is CCNC1CCC2(CC1SC1CCOC1C)OCCO2. The van der Waals surface area contributed by atoms with Gasteiger partial charge in [-0.25, -0.2) is 0 Å². The van der Waals surface area contributed by atoms with Crippen molar-refractivity contribution in [2.75, 3.05) is 26.4 Å². The summed E-state index contributed by atoms with van der Waals surface area (Å²) in [6, 6.07) is 0.580. The molecule has 4 atom stereocenters. The molecule has 1 spiro atoms. The fourth-order valence-electron chi connectivity index (χ4n) is 3.63. The van der Waals surface area contributed by atoms with Crippen LogP contribution in [0.25, 0.3) is 0 Å². The molecule has 116 valence electrons. The third kappa shape index (κ3) is 3.17. The Kier molecular flexibility index (Phi) is 4.93. The predicted molar refractivity (Wildman–Crippen MR) is 81.1 cm³/mol. The van der Waals surface area contributed by atoms with Crippen LogP contribution >= 0.6 is 11.8 Å². The zero-order valence-electron chi connectivity index (χ0n) is 12.6. The molecule has 0 aromatic carbocycles. The van der Waals surface area contributed by atoms with Crippen LogP contribution in [0.5, 0.6) is 0 Å². The molecule has 2 saturated heterocycles. The minimum Gasteiger partial charge on any atom is -0.377 e. The fourth-order valence-corrected chi connectivity index (χ4v) is 5.38. The van der Waals surface area contributed by atoms with Gasteiger partial charge in [0.05, 0.1) is 19.3 Å². The molecule has 5 heteroatoms. The standard InChI is InChI=1S/C15H27NO3S/c1-3-16-12-4-6-15(18-8-9-19-15)10-14(12)20-13-5-7-17-11(13)2/h11-14,16H,3-10H2,1-2H3. The Labute approximate surface area is 126 Å². The van der Waals surface area contributed by atoms with Crippen molar-refractivity contribution in [1.82, 2.24) is 5.32 Å². The summed E-state index contributed by atoms with van der Waals surface area (Å²) in [7, 11) is 0. The van der Waals surface area contributed by atoms with Gasteiger partial charge >= 0.3 is 0 Å². The number of rotatable bonds is 4. The van der Waals surface area contributed by atoms with Crippen molar-refractivity contribution in [3.63, 3.8) is 0 Å². The third-order valence-corrected chi connectivity index (χ3v) is 6.55. The highest BCUT2D eigenvalue weighted by Crippen LogP contribution is 2.43. The van der Waals surface area contributed by atoms with Crippen LogP contribution in [0, 0.1) is 0 Å². The van der Waals surface area contributed by atoms with Crippen molar-refractivity contribution >= 4 is 11.8 Å². The first-order chi connectivity index (χ1) is 9.72. The Morgan fingerprint density at radius 1 is 1.15 bits per heavy atom. The highest BCUT2D eigenvalue weighted by Gasteiger charge is 2.46. The number of nitrogens with one attached hydrogen (secondary N) is 1. The lowest BCUT2D eigenvalue weighted by Gasteiger charge is -2.42. The van der Waals surface area contributed by atoms with E-state index in [0.29, 0.717) is 22.6 Å². The largest absolute Gasteiger partial charge is 0.377 e. The summed E-state index contributed by atoms with van der Waals surface area (Å²) >= 11 is 2.10. The Balaban J connectivity index is 1.65. The van der Waals surface area contributed by atoms with Crippen LogP contribution in [0.4, 0.5) is 0 Å². The second kappa shape index (κ2) is 6.53. The number of ether oxygens (including phenoxy) is 3. The van der Waals surface area contributed by atoms with Gasteiger partial charge in [0.25, 0.3) is 0 Å². The topological polar surface area (TPSA) is 39.7 Å². The van der Waals surface area contributed by atoms with Gasteiger partial charge in [-0.05, 0) is 26.3 Å². The van der Waals surface area contributed by atoms with Crippen LogP contribution in [0.15, 0.2) is 0 Å². The van der Waals surface area contributed by atoms with Gasteiger partial charge in [0, 0.05) is 36.0 Å². The van der Waals surface area contributed by atoms with Crippen LogP contribution in [0.3, 0.4) is 0 Å². The summed E-state index contributed by atoms with van der Waals surface area (Å²) in [5.41, 5.74) is 0. The molecular formula is C15H27NO3S. The van der Waals surface area contributed by atoms with Gasteiger partial charge in [-0.15, -0.1) is 0 Å². The van der Waals surface area contributed by atoms with E-state index in [1.54, 1.807) is 0 Å². The van der Waals surface area contributed by atoms with Crippen molar-refractivity contribution in [3.05, 3.63) is 0 Å². The summed E-state index contributed by atoms with van der Waals surface area (Å²) in [4.78, 5) is 0. The summed E-state index contributed by atoms with van der Waals surface area (Å²) in [5, 5.41) is 4.85. The first-order valence-electron chi connectivity index (χ1n) is 8.01. The second-order valence-corrected chi connectivity index (χ2v) is 7.58. The van der Waals surface area contributed by atoms with Crippen LogP contribution < -0.4 is 5.32 Å². The number of hydrogen-bond acceptors (Lipinski definition) is 5. The monoisotopic (exact) mass is 301 g/mol. The lowest BCUT2D eigenvalue weighted by Crippen LogP contribution is -2.50. The van der Waals surface area contributed by atoms with Crippen LogP contribution in [0.1, 0.15) is 39.5 Å². The van der Waals surface area contributed by atoms with Crippen LogP contribution in [-0.4, -0.2) is 54.8 Å². The van der Waals surface area contributed by atoms with E-state index in [0.717, 1.165) is 45.6 Å². The van der Waals surface area contributed by atoms with E-state index < -0.39 is 0 Å². The first kappa shape index (κ1) is 15.1. The van der Waals surface area contributed by atoms with E-state index in [1.165, 1.54) is 6.42 Å². The molecule has 2 aliphatic heterocycles. The number of hydrogen-bond donors (Lipinski definition) is 1. The fraction of sp³-hybridized carbons (Fsp3) is 1.00. The molecule has 20 heavy (non-hydrogen) atoms. The highest BCUT2D eigenvalue weighted by atomic mass is 32.2. The summed E-state index contributed by atoms with van der Waals surface area (Å²) in [6.45, 7) is 7.85. The molecule has 4 nitrogen and oxygen atoms in total. The van der Waals surface area contributed by atoms with E-state index >= 15 is 0 Å². The molecule has 3 aliphatic rings. The van der Waals surface area contributed by atoms with E-state index in [-0.39, 0.29) is 5.79 Å². The Morgan fingerprint density at radius 3 is 2.60 bits per heavy atom. The van der Waals surface area contributed by atoms with Gasteiger partial charge in [0.1, 0.15) is 0 Å². The van der Waals surface area contributed by atoms with E-state index in [4.69, 9.17) is 14.2 Å². The normalized spacial score (nSPS) is 40.5. The summed E-state index contributed by atoms with van der Waals surface area (Å²) < 4.78 is 17.6. The van der Waals surface area contributed by atoms with Crippen molar-refractivity contribution in [2.45, 2.75) is 68.0 Å². The Morgan fingerprint density at radius 2 is 1.95 bits per heavy atom. The molecule has 0 bridgehead atoms. The van der Waals surface area contributed by atoms with Gasteiger partial charge in [-0.2, -0.15) is 11.8 Å². The molecular weight excluding hydrogens is 274 g/mol. The van der Waals surface area contributed by atoms with Gasteiger partial charge in [0.2, 0.25) is 0 Å². The Hall–Kier alpha value is 0.190. The first-order valence-corrected chi connectivity index (χ1v) is 8.95. The van der Waals surface area contributed by atoms with E-state index in [9.17, 15) is 0 Å². The lowest BCUT2D eigenvalue weighted by atomic mass is 9.89. The maximum absolute atomic E-state index is 5.93. The molecule has 3 rings (SSSR count). The van der Waals surface area contributed by atoms with Crippen LogP contribution in [-0.2, 0) is 14.2 Å². The van der Waals surface area contributed by atoms with Crippen LogP contribution in [0.2, 0.25) is 0 Å². The molecule has 1 N–H and O–H groups in total. The second-order valence-electron chi connectivity index (χ2n) is 6.09. The van der Waals surface area contributed by atoms with Gasteiger partial charge in [-0.3, -0.25) is 0 Å². The molecule has 2 heterocycles. The van der Waals surface area contributed by atoms with E-state index in [2.05, 4.69) is 30.9 Å². The molecule has 1 aliphatic carbocycles. The molecule has 0 amide bonds. The lowest BCUT2D eigenvalue weighted by molar-refractivity contribution is -0.178. The molecule has 0 aromatic rings. The smallest absolute Gasteiger partial charge is 0.169 e. The highest BCUT2D eigenvalue weighted by molar-refractivity contribution is 8.00. The van der Waals surface area contributed by atoms with Gasteiger partial charge in [-0.1, -0.05) is 6.92 Å². The minimum absolute atomic E-state index is 0.285. The van der Waals surface area contributed by atoms with Crippen molar-refractivity contribution in [2.24, 2.45) is 0 Å². The van der Waals surface area contributed by atoms with Gasteiger partial charge < -0.3 is 19.5 Å². The van der Waals surface area contributed by atoms with E-state index in [1.807, 2.05) is 0 Å². The molecule has 3 fully saturated rings. The zero-order chi connectivity index (χ0) is 14.0. The quantitative estimate of drug-likeness (QED) is 0.862. The summed E-state index contributed by atoms with van der Waals surface area (Å²) in [6.07, 6.45) is 4.74. The molecule has 4 unspecified atom stereocenters. The zero-order valence-corrected chi connectivity index (χ0v) is 13.4. The molecule has 0 aromatic heterocycles. The van der Waals surface area contributed by atoms with Gasteiger partial charge in [0.15, 0.2) is 5.79 Å². The molecule has 1 saturated carbocycles. The molecule has 0 radical (unpaired) electrons. The minimum atomic E-state index is -0.285. The maximum Gasteiger partial charge on any atom is 0.169 e. The third-order valence-electron chi connectivity index (χ3n) is 4.73. The Bertz CT molecular complexity index is 322. The predicted octanol–water partition coefficient (Wildman–Crippen LogP) is 2.17. The maximum atomic E-state index is 5.93. The average Bonchev–Trinajstić information content (AvgIpc) is 3.04. The van der Waals surface area contributed by atoms with Crippen molar-refractivity contribution < 1.29 is 14.2 Å². The van der Waals surface area contributed by atoms with Crippen molar-refractivity contribution in [3.8, 4) is 0 Å². The summed E-state index contributed by atoms with van der Waals surface area (Å²) in [5.74, 6) is -0.285.